The van der Waals surface area contributed by atoms with E-state index in [9.17, 15) is 4.79 Å². The van der Waals surface area contributed by atoms with Crippen LogP contribution in [0.2, 0.25) is 0 Å². The van der Waals surface area contributed by atoms with Crippen LogP contribution in [0.15, 0.2) is 30.5 Å². The van der Waals surface area contributed by atoms with E-state index in [2.05, 4.69) is 10.4 Å². The molecular formula is C14H15N3O2S. The number of methoxy groups -OCH3 is 1. The first-order valence-electron chi connectivity index (χ1n) is 6.26. The van der Waals surface area contributed by atoms with E-state index in [4.69, 9.17) is 4.74 Å². The molecular weight excluding hydrogens is 274 g/mol. The molecule has 0 saturated carbocycles. The summed E-state index contributed by atoms with van der Waals surface area (Å²) >= 11 is 1.60. The number of hydrogen-bond donors (Lipinski definition) is 1. The molecule has 5 nitrogen and oxygen atoms in total. The maximum atomic E-state index is 11.8. The van der Waals surface area contributed by atoms with E-state index in [0.29, 0.717) is 5.75 Å². The summed E-state index contributed by atoms with van der Waals surface area (Å²) in [6.07, 6.45) is 1.82. The monoisotopic (exact) mass is 289 g/mol. The maximum Gasteiger partial charge on any atom is 0.235 e. The molecule has 1 aromatic heterocycles. The largest absolute Gasteiger partial charge is 0.497 e. The van der Waals surface area contributed by atoms with Crippen molar-refractivity contribution in [2.24, 2.45) is 7.05 Å². The molecule has 1 amide bonds. The summed E-state index contributed by atoms with van der Waals surface area (Å²) in [7, 11) is 3.48. The third kappa shape index (κ3) is 2.27. The Morgan fingerprint density at radius 2 is 2.35 bits per heavy atom. The van der Waals surface area contributed by atoms with Crippen molar-refractivity contribution in [1.29, 1.82) is 0 Å². The molecule has 1 atom stereocenters. The van der Waals surface area contributed by atoms with Gasteiger partial charge in [-0.15, -0.1) is 11.8 Å². The molecule has 0 unspecified atom stereocenters. The summed E-state index contributed by atoms with van der Waals surface area (Å²) in [6.45, 7) is 0. The zero-order valence-corrected chi connectivity index (χ0v) is 12.1. The molecule has 1 aliphatic rings. The first kappa shape index (κ1) is 13.1. The highest BCUT2D eigenvalue weighted by Crippen LogP contribution is 2.41. The molecule has 0 fully saturated rings. The van der Waals surface area contributed by atoms with Crippen molar-refractivity contribution in [3.05, 3.63) is 41.6 Å². The fraction of sp³-hybridized carbons (Fsp3) is 0.286. The Morgan fingerprint density at radius 3 is 3.15 bits per heavy atom. The molecule has 0 saturated heterocycles. The lowest BCUT2D eigenvalue weighted by atomic mass is 10.1. The number of benzene rings is 1. The minimum absolute atomic E-state index is 0.00486. The van der Waals surface area contributed by atoms with Gasteiger partial charge in [0.25, 0.3) is 0 Å². The van der Waals surface area contributed by atoms with Crippen LogP contribution in [0, 0.1) is 0 Å². The minimum Gasteiger partial charge on any atom is -0.497 e. The van der Waals surface area contributed by atoms with E-state index >= 15 is 0 Å². The number of ether oxygens (including phenoxy) is 1. The van der Waals surface area contributed by atoms with Crippen LogP contribution in [0.4, 0.5) is 5.82 Å². The molecule has 20 heavy (non-hydrogen) atoms. The van der Waals surface area contributed by atoms with Crippen LogP contribution in [-0.2, 0) is 11.8 Å². The van der Waals surface area contributed by atoms with Gasteiger partial charge in [-0.25, -0.2) is 0 Å². The van der Waals surface area contributed by atoms with Crippen molar-refractivity contribution in [3.63, 3.8) is 0 Å². The zero-order valence-electron chi connectivity index (χ0n) is 11.3. The average molecular weight is 289 g/mol. The summed E-state index contributed by atoms with van der Waals surface area (Å²) in [5.74, 6) is 2.02. The highest BCUT2D eigenvalue weighted by atomic mass is 32.2. The predicted molar refractivity (Wildman–Crippen MR) is 79.1 cm³/mol. The van der Waals surface area contributed by atoms with Gasteiger partial charge < -0.3 is 10.1 Å². The van der Waals surface area contributed by atoms with E-state index < -0.39 is 0 Å². The Kier molecular flexibility index (Phi) is 3.40. The summed E-state index contributed by atoms with van der Waals surface area (Å²) in [6, 6.07) is 7.93. The van der Waals surface area contributed by atoms with Crippen molar-refractivity contribution in [2.75, 3.05) is 18.2 Å². The Bertz CT molecular complexity index is 654. The van der Waals surface area contributed by atoms with Crippen molar-refractivity contribution in [2.45, 2.75) is 5.25 Å². The average Bonchev–Trinajstić information content (AvgIpc) is 2.72. The summed E-state index contributed by atoms with van der Waals surface area (Å²) in [5.41, 5.74) is 2.14. The molecule has 104 valence electrons. The van der Waals surface area contributed by atoms with Gasteiger partial charge in [0.15, 0.2) is 0 Å². The van der Waals surface area contributed by atoms with Gasteiger partial charge in [-0.05, 0) is 17.7 Å². The number of nitrogens with zero attached hydrogens (tertiary/aromatic N) is 2. The highest BCUT2D eigenvalue weighted by molar-refractivity contribution is 8.00. The zero-order chi connectivity index (χ0) is 14.1. The Balaban J connectivity index is 2.06. The molecule has 1 aromatic carbocycles. The molecule has 0 spiro atoms. The van der Waals surface area contributed by atoms with E-state index in [-0.39, 0.29) is 11.2 Å². The standard InChI is InChI=1S/C14H15N3O2S/c1-17-14-11(7-15-17)13(20-8-12(18)16-14)9-4-3-5-10(6-9)19-2/h3-7,13H,8H2,1-2H3,(H,16,18)/t13-/m0/s1. The quantitative estimate of drug-likeness (QED) is 0.921. The molecule has 0 aliphatic carbocycles. The number of hydrogen-bond acceptors (Lipinski definition) is 4. The number of nitrogens with one attached hydrogen (secondary N) is 1. The van der Waals surface area contributed by atoms with Crippen molar-refractivity contribution in [1.82, 2.24) is 9.78 Å². The molecule has 0 radical (unpaired) electrons. The number of aryl methyl sites for hydroxylation is 1. The van der Waals surface area contributed by atoms with Crippen LogP contribution in [0.5, 0.6) is 5.75 Å². The lowest BCUT2D eigenvalue weighted by Gasteiger charge is -2.14. The Morgan fingerprint density at radius 1 is 1.50 bits per heavy atom. The van der Waals surface area contributed by atoms with Crippen molar-refractivity contribution < 1.29 is 9.53 Å². The molecule has 1 N–H and O–H groups in total. The van der Waals surface area contributed by atoms with Gasteiger partial charge in [-0.3, -0.25) is 9.48 Å². The lowest BCUT2D eigenvalue weighted by Crippen LogP contribution is -2.15. The number of rotatable bonds is 2. The summed E-state index contributed by atoms with van der Waals surface area (Å²) < 4.78 is 6.98. The number of carbonyl (C=O) groups excluding carboxylic acids is 1. The third-order valence-electron chi connectivity index (χ3n) is 3.28. The molecule has 0 bridgehead atoms. The van der Waals surface area contributed by atoms with E-state index in [1.807, 2.05) is 37.5 Å². The van der Waals surface area contributed by atoms with Gasteiger partial charge in [-0.1, -0.05) is 12.1 Å². The van der Waals surface area contributed by atoms with E-state index in [1.165, 1.54) is 0 Å². The topological polar surface area (TPSA) is 56.1 Å². The maximum absolute atomic E-state index is 11.8. The first-order chi connectivity index (χ1) is 9.69. The number of aromatic nitrogens is 2. The fourth-order valence-corrected chi connectivity index (χ4v) is 3.38. The van der Waals surface area contributed by atoms with Gasteiger partial charge in [0.05, 0.1) is 24.3 Å². The van der Waals surface area contributed by atoms with Crippen LogP contribution in [0.25, 0.3) is 0 Å². The minimum atomic E-state index is 0.00486. The molecule has 2 aromatic rings. The number of anilines is 1. The van der Waals surface area contributed by atoms with Crippen LogP contribution >= 0.6 is 11.8 Å². The second-order valence-electron chi connectivity index (χ2n) is 4.59. The van der Waals surface area contributed by atoms with Crippen LogP contribution in [0.1, 0.15) is 16.4 Å². The van der Waals surface area contributed by atoms with E-state index in [0.717, 1.165) is 22.7 Å². The van der Waals surface area contributed by atoms with Gasteiger partial charge in [0.2, 0.25) is 5.91 Å². The van der Waals surface area contributed by atoms with Gasteiger partial charge in [0, 0.05) is 12.6 Å². The molecule has 2 heterocycles. The van der Waals surface area contributed by atoms with Gasteiger partial charge >= 0.3 is 0 Å². The van der Waals surface area contributed by atoms with Crippen molar-refractivity contribution in [3.8, 4) is 5.75 Å². The predicted octanol–water partition coefficient (Wildman–Crippen LogP) is 2.20. The second kappa shape index (κ2) is 5.20. The second-order valence-corrected chi connectivity index (χ2v) is 5.68. The lowest BCUT2D eigenvalue weighted by molar-refractivity contribution is -0.113. The Hall–Kier alpha value is -1.95. The fourth-order valence-electron chi connectivity index (χ4n) is 2.30. The first-order valence-corrected chi connectivity index (χ1v) is 7.31. The molecule has 6 heteroatoms. The van der Waals surface area contributed by atoms with Gasteiger partial charge in [-0.2, -0.15) is 5.10 Å². The van der Waals surface area contributed by atoms with E-state index in [1.54, 1.807) is 23.6 Å². The normalized spacial score (nSPS) is 18.1. The van der Waals surface area contributed by atoms with Crippen LogP contribution in [0.3, 0.4) is 0 Å². The van der Waals surface area contributed by atoms with Gasteiger partial charge in [0.1, 0.15) is 11.6 Å². The number of carbonyl (C=O) groups is 1. The van der Waals surface area contributed by atoms with Crippen LogP contribution in [-0.4, -0.2) is 28.6 Å². The molecule has 1 aliphatic heterocycles. The van der Waals surface area contributed by atoms with Crippen LogP contribution < -0.4 is 10.1 Å². The number of fused-ring (bicyclic) bond motifs is 1. The number of thioether (sulfide) groups is 1. The SMILES string of the molecule is COc1cccc([C@@H]2SCC(=O)Nc3c2cnn3C)c1. The summed E-state index contributed by atoms with van der Waals surface area (Å²) in [5, 5.41) is 7.24. The highest BCUT2D eigenvalue weighted by Gasteiger charge is 2.27. The summed E-state index contributed by atoms with van der Waals surface area (Å²) in [4.78, 5) is 11.8. The molecule has 3 rings (SSSR count). The smallest absolute Gasteiger partial charge is 0.235 e. The third-order valence-corrected chi connectivity index (χ3v) is 4.57. The Labute approximate surface area is 121 Å². The van der Waals surface area contributed by atoms with Crippen molar-refractivity contribution >= 4 is 23.5 Å². The number of amides is 1.